The molecule has 0 saturated carbocycles. The Balaban J connectivity index is 0.000000365. The van der Waals surface area contributed by atoms with E-state index in [1.807, 2.05) is 132 Å². The van der Waals surface area contributed by atoms with Crippen LogP contribution in [-0.2, 0) is 55.5 Å². The Bertz CT molecular complexity index is 4700. The Morgan fingerprint density at radius 3 is 0.705 bits per heavy atom. The van der Waals surface area contributed by atoms with Crippen LogP contribution in [-0.4, -0.2) is 63.9 Å². The number of aromatic hydroxyl groups is 8. The second-order valence-corrected chi connectivity index (χ2v) is 53.4. The van der Waals surface area contributed by atoms with Gasteiger partial charge in [0.05, 0.1) is 9.79 Å². The van der Waals surface area contributed by atoms with E-state index in [-0.39, 0.29) is 32.5 Å². The zero-order valence-electron chi connectivity index (χ0n) is 93.0. The fourth-order valence-electron chi connectivity index (χ4n) is 17.0. The fraction of sp³-hybridized carbons (Fsp3) is 0.613. The van der Waals surface area contributed by atoms with E-state index in [0.29, 0.717) is 46.0 Å². The van der Waals surface area contributed by atoms with Gasteiger partial charge in [0.25, 0.3) is 0 Å². The van der Waals surface area contributed by atoms with Crippen molar-refractivity contribution in [1.29, 1.82) is 0 Å². The summed E-state index contributed by atoms with van der Waals surface area (Å²) in [7, 11) is 0. The summed E-state index contributed by atoms with van der Waals surface area (Å²) < 4.78 is 0. The van der Waals surface area contributed by atoms with E-state index in [4.69, 9.17) is 0 Å². The van der Waals surface area contributed by atoms with Crippen LogP contribution >= 0.6 is 82.3 Å². The molecule has 8 N–H and O–H groups in total. The molecule has 0 aliphatic carbocycles. The van der Waals surface area contributed by atoms with Gasteiger partial charge in [0, 0.05) is 87.1 Å². The van der Waals surface area contributed by atoms with Gasteiger partial charge in [0.2, 0.25) is 0 Å². The highest BCUT2D eigenvalue weighted by molar-refractivity contribution is 8.00. The van der Waals surface area contributed by atoms with E-state index in [9.17, 15) is 40.9 Å². The van der Waals surface area contributed by atoms with Crippen LogP contribution in [0.4, 0.5) is 0 Å². The van der Waals surface area contributed by atoms with E-state index in [2.05, 4.69) is 220 Å². The summed E-state index contributed by atoms with van der Waals surface area (Å²) in [6.45, 7) is 63.1. The summed E-state index contributed by atoms with van der Waals surface area (Å²) in [6.07, 6.45) is 44.4. The number of thioether (sulfide) groups is 4. The molecule has 0 bridgehead atoms. The average Bonchev–Trinajstić information content (AvgIpc) is 0.782. The number of unbranched alkanes of at least 4 members (excludes halogenated alkanes) is 28. The summed E-state index contributed by atoms with van der Waals surface area (Å²) in [6, 6.07) is 33.0. The zero-order chi connectivity index (χ0) is 104. The van der Waals surface area contributed by atoms with Gasteiger partial charge in [-0.25, -0.2) is 0 Å². The number of hydrogen-bond acceptors (Lipinski definition) is 15. The lowest BCUT2D eigenvalue weighted by Gasteiger charge is -2.24. The smallest absolute Gasteiger partial charge is 0.133 e. The minimum atomic E-state index is -0.142. The third-order valence-electron chi connectivity index (χ3n) is 25.6. The Morgan fingerprint density at radius 1 is 0.201 bits per heavy atom. The maximum atomic E-state index is 10.8. The molecule has 8 aromatic carbocycles. The minimum Gasteiger partial charge on any atom is -0.508 e. The Morgan fingerprint density at radius 2 is 0.439 bits per heavy atom. The molecule has 0 aromatic heterocycles. The monoisotopic (exact) mass is 2040 g/mol. The largest absolute Gasteiger partial charge is 0.508 e. The molecule has 0 aliphatic rings. The van der Waals surface area contributed by atoms with Crippen molar-refractivity contribution in [1.82, 2.24) is 0 Å². The molecule has 0 spiro atoms. The first-order chi connectivity index (χ1) is 65.3. The number of rotatable bonds is 50. The Labute approximate surface area is 880 Å². The summed E-state index contributed by atoms with van der Waals surface area (Å²) in [5.41, 5.74) is 18.1. The average molecular weight is 2040 g/mol. The predicted octanol–water partition coefficient (Wildman–Crippen LogP) is 40.3. The van der Waals surface area contributed by atoms with Gasteiger partial charge >= 0.3 is 0 Å². The summed E-state index contributed by atoms with van der Waals surface area (Å²) >= 11 is 12.9. The van der Waals surface area contributed by atoms with Crippen molar-refractivity contribution < 1.29 is 40.9 Å². The normalized spacial score (nSPS) is 12.0. The molecular formula is C124H194O8S7. The molecule has 0 aliphatic heterocycles. The summed E-state index contributed by atoms with van der Waals surface area (Å²) in [4.78, 5) is 6.04. The molecule has 8 aromatic rings. The molecule has 0 radical (unpaired) electrons. The van der Waals surface area contributed by atoms with Gasteiger partial charge in [-0.05, 0) is 253 Å². The van der Waals surface area contributed by atoms with Crippen molar-refractivity contribution in [2.24, 2.45) is 0 Å². The molecule has 8 rings (SSSR count). The van der Waals surface area contributed by atoms with Crippen LogP contribution in [0.3, 0.4) is 0 Å². The first kappa shape index (κ1) is 126. The molecular weight excluding hydrogens is 1840 g/mol. The van der Waals surface area contributed by atoms with Crippen LogP contribution in [0.2, 0.25) is 0 Å². The van der Waals surface area contributed by atoms with E-state index < -0.39 is 0 Å². The number of benzene rings is 8. The van der Waals surface area contributed by atoms with Gasteiger partial charge in [0.1, 0.15) is 46.0 Å². The number of hydrogen-bond donors (Lipinski definition) is 8. The highest BCUT2D eigenvalue weighted by Gasteiger charge is 2.29. The van der Waals surface area contributed by atoms with Crippen molar-refractivity contribution in [3.63, 3.8) is 0 Å². The van der Waals surface area contributed by atoms with Gasteiger partial charge in [0.15, 0.2) is 0 Å². The number of aryl methyl sites for hydroxylation is 8. The molecule has 0 amide bonds. The van der Waals surface area contributed by atoms with E-state index in [1.54, 1.807) is 23.5 Å². The number of phenolic OH excluding ortho intramolecular Hbond substituents is 8. The third kappa shape index (κ3) is 47.3. The second kappa shape index (κ2) is 63.9. The highest BCUT2D eigenvalue weighted by atomic mass is 32.2. The lowest BCUT2D eigenvalue weighted by molar-refractivity contribution is 0.432. The fourth-order valence-corrected chi connectivity index (χ4v) is 24.2. The molecule has 0 saturated heterocycles. The van der Waals surface area contributed by atoms with Crippen LogP contribution in [0.15, 0.2) is 126 Å². The minimum absolute atomic E-state index is 0.117. The zero-order valence-corrected chi connectivity index (χ0v) is 98.7. The van der Waals surface area contributed by atoms with Crippen molar-refractivity contribution >= 4 is 82.3 Å². The standard InChI is InChI=1S/C33H60OS2.C25H44OS2.3C22H30O2S/c1-4-6-8-10-12-14-16-18-20-22-24-35-28-31-26-30(3)33(34)32(27-31)29-36-25-23-21-19-17-15-13-11-9-7-5-2;1-4-6-8-10-12-14-16-27-20-23-18-22(3)25(26)24(19-23)21-28-17-15-13-11-9-7-5-2;1-13-9-17(23)15(21(3,4)5)11-19(13)25-20-12-16(22(6,7)8)18(24)10-14(20)2;1-13-9-15(11-17(19(13)23)21(3,4)5)25-16-10-14(2)20(24)18(12-16)22(6,7)8;1-13-9-15(21(3,4)5)19(23)17(11-13)25-18-12-14(2)10-16(20(18)24)22(6,7)8/h26-27,34H,4-25,28-29H2,1-3H3;18-19,26H,4-17,20-21H2,1-3H3;3*9-12,23-24H,1-8H3. The van der Waals surface area contributed by atoms with Crippen molar-refractivity contribution in [3.8, 4) is 46.0 Å². The van der Waals surface area contributed by atoms with Crippen molar-refractivity contribution in [2.45, 2.75) is 498 Å². The maximum absolute atomic E-state index is 10.8. The van der Waals surface area contributed by atoms with Crippen LogP contribution in [0.1, 0.15) is 458 Å². The van der Waals surface area contributed by atoms with Crippen LogP contribution in [0.25, 0.3) is 0 Å². The lowest BCUT2D eigenvalue weighted by atomic mass is 9.85. The Kier molecular flexibility index (Phi) is 57.9. The third-order valence-corrected chi connectivity index (χ3v) is 33.3. The first-order valence-electron chi connectivity index (χ1n) is 53.3. The number of phenols is 8. The SMILES string of the molecule is CCCCCCCCCCCCSCc1cc(C)c(O)c(CSCCCCCCCCCCCC)c1.CCCCCCCCSCc1cc(C)c(O)c(CSCCCCCCCC)c1.Cc1cc(O)c(C(C)(C)C)cc1Sc1cc(C(C)(C)C)c(O)cc1C.Cc1cc(Sc2cc(C)c(O)c(C(C)(C)C)c2)cc(C(C)(C)C)c1O.Cc1cc(Sc2cc(C)cc(C(C)(C)C)c2O)c(O)c(C(C)(C)C)c1. The van der Waals surface area contributed by atoms with Gasteiger partial charge in [-0.1, -0.05) is 404 Å². The first-order valence-corrected chi connectivity index (χ1v) is 60.4. The second-order valence-electron chi connectivity index (χ2n) is 45.6. The van der Waals surface area contributed by atoms with Crippen molar-refractivity contribution in [3.05, 3.63) is 197 Å². The molecule has 0 fully saturated rings. The molecule has 0 atom stereocenters. The van der Waals surface area contributed by atoms with E-state index in [1.165, 1.54) is 251 Å². The summed E-state index contributed by atoms with van der Waals surface area (Å²) in [5.74, 6) is 12.1. The van der Waals surface area contributed by atoms with Gasteiger partial charge in [-0.15, -0.1) is 0 Å². The molecule has 0 heterocycles. The van der Waals surface area contributed by atoms with Gasteiger partial charge < -0.3 is 40.9 Å². The van der Waals surface area contributed by atoms with Gasteiger partial charge in [-0.3, -0.25) is 0 Å². The maximum Gasteiger partial charge on any atom is 0.133 e. The van der Waals surface area contributed by atoms with Crippen molar-refractivity contribution in [2.75, 3.05) is 23.0 Å². The quantitative estimate of drug-likeness (QED) is 0.0170. The topological polar surface area (TPSA) is 162 Å². The van der Waals surface area contributed by atoms with E-state index >= 15 is 0 Å². The summed E-state index contributed by atoms with van der Waals surface area (Å²) in [5, 5.41) is 84.0. The van der Waals surface area contributed by atoms with Crippen LogP contribution < -0.4 is 0 Å². The van der Waals surface area contributed by atoms with Gasteiger partial charge in [-0.2, -0.15) is 47.0 Å². The highest BCUT2D eigenvalue weighted by Crippen LogP contribution is 2.50. The molecule has 15 heteroatoms. The lowest BCUT2D eigenvalue weighted by Crippen LogP contribution is -2.12. The van der Waals surface area contributed by atoms with Crippen LogP contribution in [0, 0.1) is 55.4 Å². The van der Waals surface area contributed by atoms with Crippen LogP contribution in [0.5, 0.6) is 46.0 Å². The molecule has 0 unspecified atom stereocenters. The molecule has 780 valence electrons. The predicted molar refractivity (Wildman–Crippen MR) is 622 cm³/mol. The van der Waals surface area contributed by atoms with E-state index in [0.717, 1.165) is 141 Å². The Hall–Kier alpha value is -5.39. The molecule has 139 heavy (non-hydrogen) atoms. The molecule has 8 nitrogen and oxygen atoms in total.